The van der Waals surface area contributed by atoms with Crippen molar-refractivity contribution in [2.75, 3.05) is 6.54 Å². The molecule has 0 bridgehead atoms. The van der Waals surface area contributed by atoms with E-state index in [-0.39, 0.29) is 29.5 Å². The normalized spacial score (nSPS) is 14.1. The lowest BCUT2D eigenvalue weighted by atomic mass is 9.95. The van der Waals surface area contributed by atoms with Crippen molar-refractivity contribution in [3.63, 3.8) is 0 Å². The van der Waals surface area contributed by atoms with E-state index < -0.39 is 23.8 Å². The lowest BCUT2D eigenvalue weighted by Gasteiger charge is -2.36. The molecule has 0 saturated heterocycles. The first-order valence-corrected chi connectivity index (χ1v) is 12.7. The lowest BCUT2D eigenvalue weighted by Crippen LogP contribution is -2.55. The minimum Gasteiger partial charge on any atom is -0.508 e. The fourth-order valence-electron chi connectivity index (χ4n) is 3.73. The number of unbranched alkanes of at least 4 members (excludes halogenated alkanes) is 2. The van der Waals surface area contributed by atoms with E-state index in [2.05, 4.69) is 17.6 Å². The third kappa shape index (κ3) is 9.78. The Balaban J connectivity index is 3.51. The number of benzene rings is 1. The summed E-state index contributed by atoms with van der Waals surface area (Å²) in [5.41, 5.74) is -0.376. The summed E-state index contributed by atoms with van der Waals surface area (Å²) in [6, 6.07) is 4.46. The zero-order valence-corrected chi connectivity index (χ0v) is 22.7. The van der Waals surface area contributed by atoms with Crippen molar-refractivity contribution in [1.29, 1.82) is 0 Å². The van der Waals surface area contributed by atoms with Crippen molar-refractivity contribution in [2.24, 2.45) is 5.92 Å². The first-order valence-electron chi connectivity index (χ1n) is 12.7. The number of carbonyl (C=O) groups excluding carboxylic acids is 3. The highest BCUT2D eigenvalue weighted by Crippen LogP contribution is 2.31. The minimum absolute atomic E-state index is 0.0649. The molecule has 198 valence electrons. The van der Waals surface area contributed by atoms with Crippen LogP contribution in [0, 0.1) is 5.92 Å². The molecule has 0 aliphatic heterocycles. The summed E-state index contributed by atoms with van der Waals surface area (Å²) in [6.45, 7) is 15.1. The molecule has 0 aliphatic carbocycles. The van der Waals surface area contributed by atoms with E-state index in [1.165, 1.54) is 11.0 Å². The monoisotopic (exact) mass is 491 g/mol. The summed E-state index contributed by atoms with van der Waals surface area (Å²) in [5.74, 6) is -1.04. The highest BCUT2D eigenvalue weighted by Gasteiger charge is 2.38. The molecule has 1 aromatic carbocycles. The number of alkyl carbamates (subject to hydrolysis) is 1. The summed E-state index contributed by atoms with van der Waals surface area (Å²) in [7, 11) is 0. The number of ether oxygens (including phenoxy) is 1. The Morgan fingerprint density at radius 2 is 1.66 bits per heavy atom. The maximum absolute atomic E-state index is 14.0. The van der Waals surface area contributed by atoms with Crippen LogP contribution in [0.5, 0.6) is 5.75 Å². The Bertz CT molecular complexity index is 834. The highest BCUT2D eigenvalue weighted by atomic mass is 16.6. The van der Waals surface area contributed by atoms with Crippen LogP contribution in [0.1, 0.15) is 92.7 Å². The van der Waals surface area contributed by atoms with Crippen molar-refractivity contribution in [3.05, 3.63) is 29.8 Å². The third-order valence-electron chi connectivity index (χ3n) is 5.66. The SMILES string of the molecule is CCCCCN(C(=O)C(NC(=O)OC(C)(C)C)C(C)CC)C(C(=O)NC(C)C)c1ccccc1O. The van der Waals surface area contributed by atoms with E-state index in [0.29, 0.717) is 24.9 Å². The van der Waals surface area contributed by atoms with Gasteiger partial charge in [-0.25, -0.2) is 4.79 Å². The van der Waals surface area contributed by atoms with Crippen molar-refractivity contribution in [2.45, 2.75) is 105 Å². The Labute approximate surface area is 210 Å². The fraction of sp³-hybridized carbons (Fsp3) is 0.667. The summed E-state index contributed by atoms with van der Waals surface area (Å²) < 4.78 is 5.42. The second-order valence-electron chi connectivity index (χ2n) is 10.4. The van der Waals surface area contributed by atoms with Crippen molar-refractivity contribution in [3.8, 4) is 5.75 Å². The zero-order chi connectivity index (χ0) is 26.8. The average Bonchev–Trinajstić information content (AvgIpc) is 2.75. The zero-order valence-electron chi connectivity index (χ0n) is 22.7. The van der Waals surface area contributed by atoms with Gasteiger partial charge in [0.25, 0.3) is 0 Å². The first-order chi connectivity index (χ1) is 16.3. The predicted molar refractivity (Wildman–Crippen MR) is 138 cm³/mol. The van der Waals surface area contributed by atoms with Gasteiger partial charge in [0.15, 0.2) is 0 Å². The van der Waals surface area contributed by atoms with Gasteiger partial charge < -0.3 is 25.4 Å². The molecule has 0 aromatic heterocycles. The van der Waals surface area contributed by atoms with Crippen molar-refractivity contribution < 1.29 is 24.2 Å². The standard InChI is InChI=1S/C27H45N3O5/c1-9-11-14-17-30(23(24(32)28-18(3)4)20-15-12-13-16-21(20)31)25(33)22(19(5)10-2)29-26(34)35-27(6,7)8/h12-13,15-16,18-19,22-23,31H,9-11,14,17H2,1-8H3,(H,28,32)(H,29,34). The number of hydrogen-bond donors (Lipinski definition) is 3. The molecule has 1 aromatic rings. The van der Waals surface area contributed by atoms with Crippen LogP contribution in [0.3, 0.4) is 0 Å². The molecule has 3 amide bonds. The summed E-state index contributed by atoms with van der Waals surface area (Å²) in [4.78, 5) is 41.6. The number of hydrogen-bond acceptors (Lipinski definition) is 5. The van der Waals surface area contributed by atoms with Crippen molar-refractivity contribution >= 4 is 17.9 Å². The van der Waals surface area contributed by atoms with Gasteiger partial charge in [0.1, 0.15) is 23.4 Å². The van der Waals surface area contributed by atoms with Crippen LogP contribution < -0.4 is 10.6 Å². The molecule has 1 rings (SSSR count). The van der Waals surface area contributed by atoms with Gasteiger partial charge in [-0.3, -0.25) is 9.59 Å². The molecule has 3 unspecified atom stereocenters. The second kappa shape index (κ2) is 14.0. The maximum Gasteiger partial charge on any atom is 0.408 e. The molecule has 35 heavy (non-hydrogen) atoms. The van der Waals surface area contributed by atoms with Gasteiger partial charge >= 0.3 is 6.09 Å². The Kier molecular flexibility index (Phi) is 12.1. The van der Waals surface area contributed by atoms with Gasteiger partial charge in [-0.1, -0.05) is 58.2 Å². The smallest absolute Gasteiger partial charge is 0.408 e. The minimum atomic E-state index is -1.05. The topological polar surface area (TPSA) is 108 Å². The Morgan fingerprint density at radius 3 is 2.17 bits per heavy atom. The summed E-state index contributed by atoms with van der Waals surface area (Å²) in [5, 5.41) is 16.3. The number of amides is 3. The molecule has 3 N–H and O–H groups in total. The number of aromatic hydroxyl groups is 1. The van der Waals surface area contributed by atoms with Crippen LogP contribution in [0.25, 0.3) is 0 Å². The van der Waals surface area contributed by atoms with Crippen LogP contribution in [0.2, 0.25) is 0 Å². The molecular formula is C27H45N3O5. The molecule has 0 fully saturated rings. The molecule has 3 atom stereocenters. The molecular weight excluding hydrogens is 446 g/mol. The van der Waals surface area contributed by atoms with E-state index >= 15 is 0 Å². The van der Waals surface area contributed by atoms with E-state index in [9.17, 15) is 19.5 Å². The van der Waals surface area contributed by atoms with Crippen LogP contribution in [-0.2, 0) is 14.3 Å². The number of carbonyl (C=O) groups is 3. The number of phenols is 1. The molecule has 0 aliphatic rings. The fourth-order valence-corrected chi connectivity index (χ4v) is 3.73. The number of phenolic OH excluding ortho intramolecular Hbond substituents is 1. The van der Waals surface area contributed by atoms with Crippen LogP contribution >= 0.6 is 0 Å². The molecule has 0 radical (unpaired) electrons. The lowest BCUT2D eigenvalue weighted by molar-refractivity contribution is -0.143. The summed E-state index contributed by atoms with van der Waals surface area (Å²) in [6.07, 6.45) is 2.44. The highest BCUT2D eigenvalue weighted by molar-refractivity contribution is 5.92. The Hall–Kier alpha value is -2.77. The van der Waals surface area contributed by atoms with Gasteiger partial charge in [-0.2, -0.15) is 0 Å². The number of rotatable bonds is 12. The largest absolute Gasteiger partial charge is 0.508 e. The van der Waals surface area contributed by atoms with E-state index in [1.807, 2.05) is 27.7 Å². The van der Waals surface area contributed by atoms with E-state index in [4.69, 9.17) is 4.74 Å². The van der Waals surface area contributed by atoms with Gasteiger partial charge in [-0.15, -0.1) is 0 Å². The maximum atomic E-state index is 14.0. The first kappa shape index (κ1) is 30.3. The summed E-state index contributed by atoms with van der Waals surface area (Å²) >= 11 is 0. The molecule has 8 heteroatoms. The molecule has 0 heterocycles. The van der Waals surface area contributed by atoms with Crippen molar-refractivity contribution in [1.82, 2.24) is 15.5 Å². The molecule has 0 saturated carbocycles. The number of nitrogens with one attached hydrogen (secondary N) is 2. The Morgan fingerprint density at radius 1 is 1.03 bits per heavy atom. The third-order valence-corrected chi connectivity index (χ3v) is 5.66. The molecule has 0 spiro atoms. The van der Waals surface area contributed by atoms with Crippen LogP contribution in [-0.4, -0.2) is 52.1 Å². The number of para-hydroxylation sites is 1. The van der Waals surface area contributed by atoms with Crippen LogP contribution in [0.4, 0.5) is 4.79 Å². The van der Waals surface area contributed by atoms with Crippen LogP contribution in [0.15, 0.2) is 24.3 Å². The second-order valence-corrected chi connectivity index (χ2v) is 10.4. The van der Waals surface area contributed by atoms with Gasteiger partial charge in [0, 0.05) is 18.2 Å². The number of nitrogens with zero attached hydrogens (tertiary/aromatic N) is 1. The van der Waals surface area contributed by atoms with E-state index in [1.54, 1.807) is 39.0 Å². The average molecular weight is 492 g/mol. The predicted octanol–water partition coefficient (Wildman–Crippen LogP) is 4.92. The van der Waals surface area contributed by atoms with Gasteiger partial charge in [0.2, 0.25) is 11.8 Å². The van der Waals surface area contributed by atoms with Gasteiger partial charge in [0.05, 0.1) is 0 Å². The molecule has 8 nitrogen and oxygen atoms in total. The quantitative estimate of drug-likeness (QED) is 0.360. The van der Waals surface area contributed by atoms with Gasteiger partial charge in [-0.05, 0) is 53.0 Å². The van der Waals surface area contributed by atoms with E-state index in [0.717, 1.165) is 12.8 Å².